The fourth-order valence-electron chi connectivity index (χ4n) is 4.60. The summed E-state index contributed by atoms with van der Waals surface area (Å²) in [5.41, 5.74) is -1.50. The van der Waals surface area contributed by atoms with Gasteiger partial charge in [-0.3, -0.25) is 14.9 Å². The second-order valence-corrected chi connectivity index (χ2v) is 11.6. The Morgan fingerprint density at radius 3 is 1.51 bits per heavy atom. The highest BCUT2D eigenvalue weighted by Crippen LogP contribution is 2.47. The van der Waals surface area contributed by atoms with Crippen molar-refractivity contribution >= 4 is 51.5 Å². The SMILES string of the molecule is COC(=O)C(C(=O)c1c(C(=O)OC)cccc1[N+](=O)[O-])=P(c1ccccc1)(c1ccccc1)c1ccccc1. The fourth-order valence-corrected chi connectivity index (χ4v) is 8.91. The zero-order chi connectivity index (χ0) is 28.0. The van der Waals surface area contributed by atoms with E-state index < -0.39 is 40.8 Å². The maximum absolute atomic E-state index is 14.7. The molecule has 0 aromatic heterocycles. The molecule has 0 heterocycles. The van der Waals surface area contributed by atoms with Gasteiger partial charge in [0.2, 0.25) is 5.78 Å². The van der Waals surface area contributed by atoms with Crippen molar-refractivity contribution in [1.29, 1.82) is 0 Å². The molecular formula is C30H24NO7P. The number of hydrogen-bond acceptors (Lipinski definition) is 7. The highest BCUT2D eigenvalue weighted by molar-refractivity contribution is 7.97. The van der Waals surface area contributed by atoms with Gasteiger partial charge in [-0.15, -0.1) is 0 Å². The smallest absolute Gasteiger partial charge is 0.342 e. The van der Waals surface area contributed by atoms with Crippen LogP contribution >= 0.6 is 6.89 Å². The van der Waals surface area contributed by atoms with Crippen LogP contribution in [-0.4, -0.2) is 42.2 Å². The Labute approximate surface area is 224 Å². The van der Waals surface area contributed by atoms with Gasteiger partial charge in [-0.05, 0) is 28.9 Å². The monoisotopic (exact) mass is 541 g/mol. The quantitative estimate of drug-likeness (QED) is 0.0830. The Hall–Kier alpha value is -4.81. The molecule has 9 heteroatoms. The molecular weight excluding hydrogens is 517 g/mol. The largest absolute Gasteiger partial charge is 0.465 e. The van der Waals surface area contributed by atoms with Crippen LogP contribution < -0.4 is 15.9 Å². The van der Waals surface area contributed by atoms with Gasteiger partial charge in [0.25, 0.3) is 5.69 Å². The van der Waals surface area contributed by atoms with Crippen molar-refractivity contribution in [3.63, 3.8) is 0 Å². The van der Waals surface area contributed by atoms with E-state index >= 15 is 0 Å². The van der Waals surface area contributed by atoms with Crippen molar-refractivity contribution in [2.75, 3.05) is 14.2 Å². The van der Waals surface area contributed by atoms with Crippen LogP contribution in [0.25, 0.3) is 0 Å². The van der Waals surface area contributed by atoms with Crippen LogP contribution in [0, 0.1) is 10.1 Å². The first-order chi connectivity index (χ1) is 18.9. The van der Waals surface area contributed by atoms with Gasteiger partial charge in [0.05, 0.1) is 24.7 Å². The number of ketones is 1. The number of ether oxygens (including phenoxy) is 2. The van der Waals surface area contributed by atoms with Crippen molar-refractivity contribution in [2.45, 2.75) is 0 Å². The van der Waals surface area contributed by atoms with Gasteiger partial charge < -0.3 is 9.47 Å². The minimum atomic E-state index is -3.35. The third-order valence-electron chi connectivity index (χ3n) is 6.23. The zero-order valence-electron chi connectivity index (χ0n) is 21.1. The van der Waals surface area contributed by atoms with Gasteiger partial charge in [-0.2, -0.15) is 0 Å². The number of esters is 2. The zero-order valence-corrected chi connectivity index (χ0v) is 22.0. The van der Waals surface area contributed by atoms with Crippen LogP contribution in [-0.2, 0) is 14.3 Å². The minimum absolute atomic E-state index is 0.312. The second-order valence-electron chi connectivity index (χ2n) is 8.30. The Balaban J connectivity index is 2.32. The van der Waals surface area contributed by atoms with E-state index in [1.54, 1.807) is 36.4 Å². The lowest BCUT2D eigenvalue weighted by Gasteiger charge is -2.31. The topological polar surface area (TPSA) is 113 Å². The summed E-state index contributed by atoms with van der Waals surface area (Å²) in [6.07, 6.45) is 0. The van der Waals surface area contributed by atoms with Crippen molar-refractivity contribution in [1.82, 2.24) is 0 Å². The van der Waals surface area contributed by atoms with E-state index in [1.165, 1.54) is 12.1 Å². The molecule has 39 heavy (non-hydrogen) atoms. The number of nitro benzene ring substituents is 1. The Kier molecular flexibility index (Phi) is 8.18. The van der Waals surface area contributed by atoms with Gasteiger partial charge >= 0.3 is 11.9 Å². The van der Waals surface area contributed by atoms with Crippen molar-refractivity contribution in [3.8, 4) is 0 Å². The molecule has 0 unspecified atom stereocenters. The molecule has 4 aromatic carbocycles. The average molecular weight is 541 g/mol. The molecule has 0 bridgehead atoms. The van der Waals surface area contributed by atoms with Gasteiger partial charge in [0, 0.05) is 6.07 Å². The summed E-state index contributed by atoms with van der Waals surface area (Å²) in [7, 11) is 2.25. The molecule has 0 spiro atoms. The van der Waals surface area contributed by atoms with Crippen LogP contribution in [0.2, 0.25) is 0 Å². The van der Waals surface area contributed by atoms with Gasteiger partial charge in [-0.1, -0.05) is 97.1 Å². The van der Waals surface area contributed by atoms with E-state index in [-0.39, 0.29) is 10.9 Å². The molecule has 0 atom stereocenters. The lowest BCUT2D eigenvalue weighted by atomic mass is 9.99. The van der Waals surface area contributed by atoms with Crippen molar-refractivity contribution < 1.29 is 28.8 Å². The molecule has 0 saturated carbocycles. The van der Waals surface area contributed by atoms with Crippen LogP contribution in [0.4, 0.5) is 5.69 Å². The molecule has 0 amide bonds. The normalized spacial score (nSPS) is 10.8. The first kappa shape index (κ1) is 27.2. The van der Waals surface area contributed by atoms with Crippen molar-refractivity contribution in [2.24, 2.45) is 0 Å². The molecule has 0 aliphatic heterocycles. The highest BCUT2D eigenvalue weighted by Gasteiger charge is 2.41. The summed E-state index contributed by atoms with van der Waals surface area (Å²) in [4.78, 5) is 52.5. The third-order valence-corrected chi connectivity index (χ3v) is 10.5. The standard InChI is InChI=1S/C30H24NO7P/c1-37-29(33)24-19-12-20-25(31(35)36)26(24)27(32)28(30(34)38-2)39(21-13-6-3-7-14-21,22-15-8-4-9-16-22)23-17-10-5-11-18-23/h3-20H,1-2H3. The second kappa shape index (κ2) is 11.7. The van der Waals surface area contributed by atoms with E-state index in [9.17, 15) is 24.5 Å². The maximum Gasteiger partial charge on any atom is 0.342 e. The molecule has 0 aliphatic rings. The Morgan fingerprint density at radius 1 is 0.667 bits per heavy atom. The predicted octanol–water partition coefficient (Wildman–Crippen LogP) is 3.90. The molecule has 8 nitrogen and oxygen atoms in total. The average Bonchev–Trinajstić information content (AvgIpc) is 2.99. The van der Waals surface area contributed by atoms with Gasteiger partial charge in [0.1, 0.15) is 10.9 Å². The first-order valence-electron chi connectivity index (χ1n) is 11.8. The molecule has 0 fully saturated rings. The van der Waals surface area contributed by atoms with Crippen LogP contribution in [0.5, 0.6) is 0 Å². The predicted molar refractivity (Wildman–Crippen MR) is 151 cm³/mol. The molecule has 196 valence electrons. The summed E-state index contributed by atoms with van der Waals surface area (Å²) in [5.74, 6) is -2.90. The third kappa shape index (κ3) is 4.90. The van der Waals surface area contributed by atoms with Gasteiger partial charge in [-0.25, -0.2) is 9.59 Å². The first-order valence-corrected chi connectivity index (χ1v) is 13.6. The van der Waals surface area contributed by atoms with E-state index in [1.807, 2.05) is 54.6 Å². The van der Waals surface area contributed by atoms with E-state index in [0.717, 1.165) is 20.3 Å². The summed E-state index contributed by atoms with van der Waals surface area (Å²) < 4.78 is 10.0. The van der Waals surface area contributed by atoms with Crippen molar-refractivity contribution in [3.05, 3.63) is 130 Å². The van der Waals surface area contributed by atoms with Gasteiger partial charge in [0.15, 0.2) is 0 Å². The number of benzene rings is 4. The number of rotatable bonds is 8. The van der Waals surface area contributed by atoms with E-state index in [4.69, 9.17) is 9.47 Å². The lowest BCUT2D eigenvalue weighted by molar-refractivity contribution is -0.385. The molecule has 0 aliphatic carbocycles. The summed E-state index contributed by atoms with van der Waals surface area (Å²) >= 11 is 0. The number of Topliss-reactive ketones (excluding diaryl/α,β-unsaturated/α-hetero) is 1. The van der Waals surface area contributed by atoms with E-state index in [0.29, 0.717) is 15.9 Å². The Bertz CT molecular complexity index is 1500. The van der Waals surface area contributed by atoms with Crippen LogP contribution in [0.1, 0.15) is 20.7 Å². The lowest BCUT2D eigenvalue weighted by Crippen LogP contribution is -2.38. The molecule has 4 rings (SSSR count). The number of nitrogens with zero attached hydrogens (tertiary/aromatic N) is 1. The van der Waals surface area contributed by atoms with E-state index in [2.05, 4.69) is 0 Å². The number of carbonyl (C=O) groups is 3. The molecule has 0 saturated heterocycles. The fraction of sp³-hybridized carbons (Fsp3) is 0.0667. The highest BCUT2D eigenvalue weighted by atomic mass is 31.2. The molecule has 0 radical (unpaired) electrons. The van der Waals surface area contributed by atoms with Crippen LogP contribution in [0.3, 0.4) is 0 Å². The molecule has 4 aromatic rings. The Morgan fingerprint density at radius 2 is 1.13 bits per heavy atom. The summed E-state index contributed by atoms with van der Waals surface area (Å²) in [6.45, 7) is -3.35. The number of carbonyl (C=O) groups excluding carboxylic acids is 3. The number of nitro groups is 1. The number of hydrogen-bond donors (Lipinski definition) is 0. The maximum atomic E-state index is 14.7. The molecule has 0 N–H and O–H groups in total. The number of methoxy groups -OCH3 is 2. The minimum Gasteiger partial charge on any atom is -0.465 e. The summed E-state index contributed by atoms with van der Waals surface area (Å²) in [6, 6.07) is 30.7. The van der Waals surface area contributed by atoms with Crippen LogP contribution in [0.15, 0.2) is 109 Å². The summed E-state index contributed by atoms with van der Waals surface area (Å²) in [5, 5.41) is 13.7.